The van der Waals surface area contributed by atoms with Gasteiger partial charge in [0.2, 0.25) is 0 Å². The van der Waals surface area contributed by atoms with Crippen molar-refractivity contribution in [3.8, 4) is 12.1 Å². The minimum atomic E-state index is 0.141. The van der Waals surface area contributed by atoms with Gasteiger partial charge in [-0.15, -0.1) is 0 Å². The topological polar surface area (TPSA) is 50.8 Å². The van der Waals surface area contributed by atoms with Crippen molar-refractivity contribution in [2.24, 2.45) is 0 Å². The maximum atomic E-state index is 8.68. The fraction of sp³-hybridized carbons (Fsp3) is 0.333. The zero-order chi connectivity index (χ0) is 12.8. The lowest BCUT2D eigenvalue weighted by atomic mass is 10.1. The Hall–Kier alpha value is -2.10. The standard InChI is InChI=1S/C15H15N3/c16-10-15(11-17)9-13-3-5-14(6-4-13)12-18-7-1-2-8-18/h3-6,9H,1-2,7-8,12H2. The van der Waals surface area contributed by atoms with E-state index in [0.29, 0.717) is 0 Å². The van der Waals surface area contributed by atoms with Crippen LogP contribution in [0.15, 0.2) is 29.8 Å². The van der Waals surface area contributed by atoms with Crippen LogP contribution in [0.2, 0.25) is 0 Å². The molecule has 0 radical (unpaired) electrons. The van der Waals surface area contributed by atoms with Crippen LogP contribution in [-0.4, -0.2) is 18.0 Å². The molecule has 2 rings (SSSR count). The zero-order valence-electron chi connectivity index (χ0n) is 10.3. The molecule has 0 saturated carbocycles. The van der Waals surface area contributed by atoms with Crippen LogP contribution in [0.4, 0.5) is 0 Å². The van der Waals surface area contributed by atoms with Gasteiger partial charge in [-0.2, -0.15) is 10.5 Å². The smallest absolute Gasteiger partial charge is 0.130 e. The van der Waals surface area contributed by atoms with Gasteiger partial charge in [0.1, 0.15) is 17.7 Å². The summed E-state index contributed by atoms with van der Waals surface area (Å²) >= 11 is 0. The van der Waals surface area contributed by atoms with Gasteiger partial charge in [0.15, 0.2) is 0 Å². The van der Waals surface area contributed by atoms with Gasteiger partial charge < -0.3 is 0 Å². The highest BCUT2D eigenvalue weighted by atomic mass is 15.1. The number of benzene rings is 1. The molecule has 0 atom stereocenters. The number of likely N-dealkylation sites (tertiary alicyclic amines) is 1. The monoisotopic (exact) mass is 237 g/mol. The Balaban J connectivity index is 2.04. The molecule has 1 heterocycles. The Morgan fingerprint density at radius 2 is 1.72 bits per heavy atom. The fourth-order valence-corrected chi connectivity index (χ4v) is 2.17. The largest absolute Gasteiger partial charge is 0.299 e. The molecule has 0 N–H and O–H groups in total. The third kappa shape index (κ3) is 3.20. The predicted octanol–water partition coefficient (Wildman–Crippen LogP) is 2.71. The zero-order valence-corrected chi connectivity index (χ0v) is 10.3. The number of nitrogens with zero attached hydrogens (tertiary/aromatic N) is 3. The number of hydrogen-bond acceptors (Lipinski definition) is 3. The van der Waals surface area contributed by atoms with E-state index >= 15 is 0 Å². The van der Waals surface area contributed by atoms with E-state index in [1.807, 2.05) is 24.3 Å². The Bertz CT molecular complexity index is 492. The third-order valence-corrected chi connectivity index (χ3v) is 3.14. The van der Waals surface area contributed by atoms with Crippen molar-refractivity contribution in [2.75, 3.05) is 13.1 Å². The molecular formula is C15H15N3. The van der Waals surface area contributed by atoms with Crippen molar-refractivity contribution >= 4 is 6.08 Å². The lowest BCUT2D eigenvalue weighted by Gasteiger charge is -2.14. The van der Waals surface area contributed by atoms with Crippen LogP contribution < -0.4 is 0 Å². The summed E-state index contributed by atoms with van der Waals surface area (Å²) in [4.78, 5) is 2.45. The molecule has 0 spiro atoms. The molecule has 1 aromatic carbocycles. The molecule has 0 aliphatic carbocycles. The van der Waals surface area contributed by atoms with Gasteiger partial charge in [0.25, 0.3) is 0 Å². The molecular weight excluding hydrogens is 222 g/mol. The minimum absolute atomic E-state index is 0.141. The Kier molecular flexibility index (Phi) is 4.12. The first-order valence-corrected chi connectivity index (χ1v) is 6.15. The average Bonchev–Trinajstić information content (AvgIpc) is 2.91. The first-order valence-electron chi connectivity index (χ1n) is 6.15. The van der Waals surface area contributed by atoms with Crippen molar-refractivity contribution in [1.29, 1.82) is 10.5 Å². The number of rotatable bonds is 3. The number of nitriles is 2. The lowest BCUT2D eigenvalue weighted by Crippen LogP contribution is -2.18. The second-order valence-electron chi connectivity index (χ2n) is 4.51. The molecule has 0 aromatic heterocycles. The fourth-order valence-electron chi connectivity index (χ4n) is 2.17. The first kappa shape index (κ1) is 12.4. The van der Waals surface area contributed by atoms with Crippen LogP contribution in [0.3, 0.4) is 0 Å². The summed E-state index contributed by atoms with van der Waals surface area (Å²) in [6, 6.07) is 11.8. The van der Waals surface area contributed by atoms with Crippen molar-refractivity contribution < 1.29 is 0 Å². The van der Waals surface area contributed by atoms with Crippen molar-refractivity contribution in [2.45, 2.75) is 19.4 Å². The van der Waals surface area contributed by atoms with Crippen LogP contribution in [0, 0.1) is 22.7 Å². The minimum Gasteiger partial charge on any atom is -0.299 e. The predicted molar refractivity (Wildman–Crippen MR) is 70.2 cm³/mol. The molecule has 0 amide bonds. The second kappa shape index (κ2) is 6.00. The van der Waals surface area contributed by atoms with Crippen molar-refractivity contribution in [1.82, 2.24) is 4.90 Å². The molecule has 90 valence electrons. The van der Waals surface area contributed by atoms with E-state index in [-0.39, 0.29) is 5.57 Å². The van der Waals surface area contributed by atoms with Gasteiger partial charge >= 0.3 is 0 Å². The lowest BCUT2D eigenvalue weighted by molar-refractivity contribution is 0.331. The molecule has 0 bridgehead atoms. The Labute approximate surface area is 108 Å². The molecule has 3 heteroatoms. The Morgan fingerprint density at radius 1 is 1.11 bits per heavy atom. The summed E-state index contributed by atoms with van der Waals surface area (Å²) in [5.74, 6) is 0. The van der Waals surface area contributed by atoms with E-state index in [2.05, 4.69) is 17.0 Å². The van der Waals surface area contributed by atoms with Crippen molar-refractivity contribution in [3.63, 3.8) is 0 Å². The highest BCUT2D eigenvalue weighted by Gasteiger charge is 2.11. The number of allylic oxidation sites excluding steroid dienone is 1. The molecule has 0 unspecified atom stereocenters. The van der Waals surface area contributed by atoms with Gasteiger partial charge in [-0.1, -0.05) is 24.3 Å². The second-order valence-corrected chi connectivity index (χ2v) is 4.51. The number of hydrogen-bond donors (Lipinski definition) is 0. The molecule has 3 nitrogen and oxygen atoms in total. The van der Waals surface area contributed by atoms with E-state index in [4.69, 9.17) is 10.5 Å². The molecule has 1 saturated heterocycles. The Morgan fingerprint density at radius 3 is 2.28 bits per heavy atom. The van der Waals surface area contributed by atoms with Crippen LogP contribution in [0.1, 0.15) is 24.0 Å². The van der Waals surface area contributed by atoms with Crippen LogP contribution >= 0.6 is 0 Å². The van der Waals surface area contributed by atoms with Crippen LogP contribution in [0.25, 0.3) is 6.08 Å². The average molecular weight is 237 g/mol. The summed E-state index contributed by atoms with van der Waals surface area (Å²) in [5.41, 5.74) is 2.32. The molecule has 1 fully saturated rings. The maximum absolute atomic E-state index is 8.68. The maximum Gasteiger partial charge on any atom is 0.130 e. The third-order valence-electron chi connectivity index (χ3n) is 3.14. The van der Waals surface area contributed by atoms with Gasteiger partial charge in [-0.25, -0.2) is 0 Å². The summed E-state index contributed by atoms with van der Waals surface area (Å²) in [6.07, 6.45) is 4.21. The van der Waals surface area contributed by atoms with E-state index in [0.717, 1.165) is 12.1 Å². The summed E-state index contributed by atoms with van der Waals surface area (Å²) in [7, 11) is 0. The van der Waals surface area contributed by atoms with Gasteiger partial charge in [-0.3, -0.25) is 4.90 Å². The van der Waals surface area contributed by atoms with E-state index in [9.17, 15) is 0 Å². The first-order chi connectivity index (χ1) is 8.81. The summed E-state index contributed by atoms with van der Waals surface area (Å²) in [6.45, 7) is 3.37. The molecule has 18 heavy (non-hydrogen) atoms. The van der Waals surface area contributed by atoms with Crippen molar-refractivity contribution in [3.05, 3.63) is 41.0 Å². The molecule has 1 aromatic rings. The van der Waals surface area contributed by atoms with Crippen LogP contribution in [0.5, 0.6) is 0 Å². The van der Waals surface area contributed by atoms with Crippen LogP contribution in [-0.2, 0) is 6.54 Å². The van der Waals surface area contributed by atoms with Gasteiger partial charge in [-0.05, 0) is 43.1 Å². The highest BCUT2D eigenvalue weighted by Crippen LogP contribution is 2.14. The molecule has 1 aliphatic rings. The quantitative estimate of drug-likeness (QED) is 0.759. The normalized spacial score (nSPS) is 14.8. The summed E-state index contributed by atoms with van der Waals surface area (Å²) in [5, 5.41) is 17.4. The highest BCUT2D eigenvalue weighted by molar-refractivity contribution is 5.61. The van der Waals surface area contributed by atoms with E-state index in [1.165, 1.54) is 31.5 Å². The van der Waals surface area contributed by atoms with Gasteiger partial charge in [0, 0.05) is 6.54 Å². The summed E-state index contributed by atoms with van der Waals surface area (Å²) < 4.78 is 0. The van der Waals surface area contributed by atoms with Gasteiger partial charge in [0.05, 0.1) is 0 Å². The SMILES string of the molecule is N#CC(C#N)=Cc1ccc(CN2CCCC2)cc1. The van der Waals surface area contributed by atoms with E-state index in [1.54, 1.807) is 6.08 Å². The molecule has 1 aliphatic heterocycles. The van der Waals surface area contributed by atoms with E-state index < -0.39 is 0 Å².